The van der Waals surface area contributed by atoms with Gasteiger partial charge in [-0.2, -0.15) is 0 Å². The number of carbonyl (C=O) groups excluding carboxylic acids is 1. The van der Waals surface area contributed by atoms with Gasteiger partial charge in [-0.05, 0) is 62.1 Å². The minimum Gasteiger partial charge on any atom is -0.744 e. The van der Waals surface area contributed by atoms with Gasteiger partial charge >= 0.3 is 0 Å². The van der Waals surface area contributed by atoms with E-state index < -0.39 is 10.1 Å². The van der Waals surface area contributed by atoms with Crippen LogP contribution in [0.2, 0.25) is 0 Å². The van der Waals surface area contributed by atoms with E-state index in [-0.39, 0.29) is 4.90 Å². The van der Waals surface area contributed by atoms with Crippen LogP contribution in [-0.2, 0) is 25.8 Å². The van der Waals surface area contributed by atoms with Crippen molar-refractivity contribution in [3.8, 4) is 0 Å². The second-order valence-electron chi connectivity index (χ2n) is 7.00. The first-order valence-corrected chi connectivity index (χ1v) is 12.7. The van der Waals surface area contributed by atoms with Crippen molar-refractivity contribution < 1.29 is 17.8 Å². The molecule has 1 fully saturated rings. The van der Waals surface area contributed by atoms with Gasteiger partial charge in [0.05, 0.1) is 11.2 Å². The molecule has 148 valence electrons. The van der Waals surface area contributed by atoms with Gasteiger partial charge in [0.25, 0.3) is 0 Å². The van der Waals surface area contributed by atoms with Crippen molar-refractivity contribution in [1.29, 1.82) is 0 Å². The summed E-state index contributed by atoms with van der Waals surface area (Å²) in [6.07, 6.45) is 12.3. The van der Waals surface area contributed by atoms with E-state index in [9.17, 15) is 17.8 Å². The van der Waals surface area contributed by atoms with Crippen LogP contribution in [0.1, 0.15) is 63.9 Å². The Balaban J connectivity index is 0.000000273. The smallest absolute Gasteiger partial charge is 0.181 e. The van der Waals surface area contributed by atoms with E-state index in [2.05, 4.69) is 13.2 Å². The largest absolute Gasteiger partial charge is 0.744 e. The van der Waals surface area contributed by atoms with Gasteiger partial charge in [0.1, 0.15) is 15.4 Å². The van der Waals surface area contributed by atoms with Crippen molar-refractivity contribution in [2.24, 2.45) is 0 Å². The molecule has 1 aromatic carbocycles. The molecule has 1 unspecified atom stereocenters. The first-order chi connectivity index (χ1) is 12.2. The highest BCUT2D eigenvalue weighted by atomic mass is 32.2. The fraction of sp³-hybridized carbons (Fsp3) is 0.650. The summed E-state index contributed by atoms with van der Waals surface area (Å²) in [6, 6.07) is 5.78. The Labute approximate surface area is 161 Å². The number of unbranched alkanes of at least 4 members (excludes halogenated alkanes) is 1. The van der Waals surface area contributed by atoms with Crippen LogP contribution in [0, 0.1) is 6.92 Å². The predicted molar refractivity (Wildman–Crippen MR) is 109 cm³/mol. The van der Waals surface area contributed by atoms with Gasteiger partial charge < -0.3 is 4.55 Å². The van der Waals surface area contributed by atoms with Gasteiger partial charge in [0, 0.05) is 6.42 Å². The Morgan fingerprint density at radius 2 is 1.73 bits per heavy atom. The molecule has 0 spiro atoms. The molecular formula is C20H32O4S2. The zero-order valence-corrected chi connectivity index (χ0v) is 17.8. The topological polar surface area (TPSA) is 74.3 Å². The molecule has 0 bridgehead atoms. The molecule has 4 nitrogen and oxygen atoms in total. The fourth-order valence-electron chi connectivity index (χ4n) is 2.99. The zero-order valence-electron chi connectivity index (χ0n) is 16.2. The summed E-state index contributed by atoms with van der Waals surface area (Å²) in [4.78, 5) is 11.5. The lowest BCUT2D eigenvalue weighted by Crippen LogP contribution is -2.29. The molecule has 0 amide bonds. The first-order valence-electron chi connectivity index (χ1n) is 9.39. The molecule has 1 aliphatic rings. The van der Waals surface area contributed by atoms with Crippen molar-refractivity contribution in [3.63, 3.8) is 0 Å². The summed E-state index contributed by atoms with van der Waals surface area (Å²) in [5.41, 5.74) is 0.928. The van der Waals surface area contributed by atoms with Crippen LogP contribution in [0.25, 0.3) is 0 Å². The summed E-state index contributed by atoms with van der Waals surface area (Å²) in [7, 11) is -3.91. The summed E-state index contributed by atoms with van der Waals surface area (Å²) >= 11 is 0. The van der Waals surface area contributed by atoms with E-state index in [1.165, 1.54) is 44.2 Å². The maximum absolute atomic E-state index is 11.7. The Morgan fingerprint density at radius 1 is 1.15 bits per heavy atom. The SMILES string of the molecule is CCCCC(=O)C[S+](C)C1CCCCC1.Cc1ccc(S(=O)(=O)[O-])cc1. The second-order valence-corrected chi connectivity index (χ2v) is 10.7. The van der Waals surface area contributed by atoms with Crippen molar-refractivity contribution in [2.75, 3.05) is 12.0 Å². The number of Topliss-reactive ketones (excluding diaryl/α,β-unsaturated/α-hetero) is 1. The summed E-state index contributed by atoms with van der Waals surface area (Å²) in [6.45, 7) is 3.97. The monoisotopic (exact) mass is 400 g/mol. The third-order valence-corrected chi connectivity index (χ3v) is 7.87. The molecule has 26 heavy (non-hydrogen) atoms. The van der Waals surface area contributed by atoms with Gasteiger partial charge in [0.2, 0.25) is 0 Å². The van der Waals surface area contributed by atoms with E-state index in [0.717, 1.165) is 35.8 Å². The van der Waals surface area contributed by atoms with E-state index >= 15 is 0 Å². The lowest BCUT2D eigenvalue weighted by atomic mass is 10.0. The van der Waals surface area contributed by atoms with Crippen LogP contribution >= 0.6 is 0 Å². The van der Waals surface area contributed by atoms with Crippen LogP contribution < -0.4 is 0 Å². The Hall–Kier alpha value is -0.850. The van der Waals surface area contributed by atoms with Gasteiger partial charge in [0.15, 0.2) is 11.5 Å². The van der Waals surface area contributed by atoms with Gasteiger partial charge in [-0.15, -0.1) is 0 Å². The second kappa shape index (κ2) is 11.8. The molecule has 1 atom stereocenters. The average molecular weight is 401 g/mol. The van der Waals surface area contributed by atoms with Crippen molar-refractivity contribution in [2.45, 2.75) is 75.4 Å². The highest BCUT2D eigenvalue weighted by Gasteiger charge is 2.29. The van der Waals surface area contributed by atoms with Gasteiger partial charge in [-0.1, -0.05) is 37.5 Å². The number of rotatable bonds is 7. The van der Waals surface area contributed by atoms with E-state index in [1.807, 2.05) is 6.92 Å². The van der Waals surface area contributed by atoms with Crippen LogP contribution in [0.15, 0.2) is 29.2 Å². The zero-order chi connectivity index (χ0) is 19.6. The Bertz CT molecular complexity index is 632. The molecular weight excluding hydrogens is 368 g/mol. The third-order valence-electron chi connectivity index (χ3n) is 4.63. The van der Waals surface area contributed by atoms with E-state index in [4.69, 9.17) is 0 Å². The van der Waals surface area contributed by atoms with Crippen molar-refractivity contribution >= 4 is 26.8 Å². The lowest BCUT2D eigenvalue weighted by Gasteiger charge is -2.20. The summed E-state index contributed by atoms with van der Waals surface area (Å²) in [5.74, 6) is 1.37. The lowest BCUT2D eigenvalue weighted by molar-refractivity contribution is -0.116. The highest BCUT2D eigenvalue weighted by molar-refractivity contribution is 7.97. The fourth-order valence-corrected chi connectivity index (χ4v) is 5.49. The molecule has 0 aliphatic heterocycles. The predicted octanol–water partition coefficient (Wildman–Crippen LogP) is 4.23. The van der Waals surface area contributed by atoms with E-state index in [1.54, 1.807) is 12.1 Å². The molecule has 6 heteroatoms. The normalized spacial score (nSPS) is 16.5. The molecule has 1 saturated carbocycles. The number of aryl methyl sites for hydroxylation is 1. The Morgan fingerprint density at radius 3 is 2.23 bits per heavy atom. The van der Waals surface area contributed by atoms with Gasteiger partial charge in [-0.25, -0.2) is 8.42 Å². The summed E-state index contributed by atoms with van der Waals surface area (Å²) in [5, 5.41) is 0.865. The van der Waals surface area contributed by atoms with Crippen LogP contribution in [-0.4, -0.2) is 36.0 Å². The molecule has 1 aliphatic carbocycles. The molecule has 0 heterocycles. The standard InChI is InChI=1S/C13H25OS.C7H8O3S/c1-3-4-8-12(14)11-15(2)13-9-6-5-7-10-13;1-6-2-4-7(5-3-6)11(8,9)10/h13H,3-11H2,1-2H3;2-5H,1H3,(H,8,9,10)/q+1;/p-1. The first kappa shape index (κ1) is 23.2. The quantitative estimate of drug-likeness (QED) is 0.507. The maximum Gasteiger partial charge on any atom is 0.181 e. The number of ketones is 1. The van der Waals surface area contributed by atoms with Crippen molar-refractivity contribution in [3.05, 3.63) is 29.8 Å². The minimum absolute atomic E-state index is 0.178. The third kappa shape index (κ3) is 9.19. The minimum atomic E-state index is -4.27. The molecule has 1 aromatic rings. The molecule has 0 N–H and O–H groups in total. The van der Waals surface area contributed by atoms with Crippen LogP contribution in [0.3, 0.4) is 0 Å². The Kier molecular flexibility index (Phi) is 10.5. The highest BCUT2D eigenvalue weighted by Crippen LogP contribution is 2.24. The summed E-state index contributed by atoms with van der Waals surface area (Å²) < 4.78 is 31.2. The number of benzene rings is 1. The van der Waals surface area contributed by atoms with Gasteiger partial charge in [-0.3, -0.25) is 4.79 Å². The molecule has 2 rings (SSSR count). The number of hydrogen-bond donors (Lipinski definition) is 0. The van der Waals surface area contributed by atoms with Crippen molar-refractivity contribution in [1.82, 2.24) is 0 Å². The van der Waals surface area contributed by atoms with Crippen LogP contribution in [0.4, 0.5) is 0 Å². The molecule has 0 saturated heterocycles. The average Bonchev–Trinajstić information content (AvgIpc) is 2.61. The molecule has 0 aromatic heterocycles. The molecule has 0 radical (unpaired) electrons. The maximum atomic E-state index is 11.7. The van der Waals surface area contributed by atoms with E-state index in [0.29, 0.717) is 16.7 Å². The van der Waals surface area contributed by atoms with Crippen LogP contribution in [0.5, 0.6) is 0 Å². The number of hydrogen-bond acceptors (Lipinski definition) is 4. The number of carbonyl (C=O) groups is 1.